The number of thioether (sulfide) groups is 1. The second kappa shape index (κ2) is 5.17. The molecule has 0 saturated heterocycles. The summed E-state index contributed by atoms with van der Waals surface area (Å²) in [6.07, 6.45) is 1.84. The largest absolute Gasteiger partial charge is 0.250 e. The highest BCUT2D eigenvalue weighted by atomic mass is 32.2. The number of rotatable bonds is 3. The molecule has 0 spiro atoms. The quantitative estimate of drug-likeness (QED) is 0.738. The zero-order chi connectivity index (χ0) is 11.4. The van der Waals surface area contributed by atoms with Crippen LogP contribution >= 0.6 is 11.8 Å². The van der Waals surface area contributed by atoms with E-state index in [1.165, 1.54) is 16.7 Å². The minimum Gasteiger partial charge on any atom is -0.250 e. The van der Waals surface area contributed by atoms with Gasteiger partial charge in [-0.05, 0) is 42.7 Å². The average molecular weight is 229 g/mol. The van der Waals surface area contributed by atoms with Gasteiger partial charge in [0.15, 0.2) is 0 Å². The third-order valence-electron chi connectivity index (χ3n) is 2.60. The van der Waals surface area contributed by atoms with Crippen molar-refractivity contribution in [1.82, 2.24) is 4.98 Å². The van der Waals surface area contributed by atoms with Crippen LogP contribution in [0.2, 0.25) is 0 Å². The number of aromatic nitrogens is 1. The van der Waals surface area contributed by atoms with Crippen LogP contribution in [0.4, 0.5) is 0 Å². The Balaban J connectivity index is 2.03. The van der Waals surface area contributed by atoms with Crippen LogP contribution in [0.15, 0.2) is 47.6 Å². The van der Waals surface area contributed by atoms with E-state index in [-0.39, 0.29) is 0 Å². The van der Waals surface area contributed by atoms with Gasteiger partial charge in [-0.2, -0.15) is 0 Å². The van der Waals surface area contributed by atoms with Crippen LogP contribution in [0.3, 0.4) is 0 Å². The maximum atomic E-state index is 4.30. The van der Waals surface area contributed by atoms with Gasteiger partial charge in [0.25, 0.3) is 0 Å². The lowest BCUT2D eigenvalue weighted by Crippen LogP contribution is -1.86. The molecule has 1 heterocycles. The molecule has 0 saturated carbocycles. The van der Waals surface area contributed by atoms with E-state index in [1.54, 1.807) is 11.8 Å². The first-order valence-electron chi connectivity index (χ1n) is 5.35. The number of hydrogen-bond acceptors (Lipinski definition) is 2. The van der Waals surface area contributed by atoms with E-state index >= 15 is 0 Å². The molecule has 0 atom stereocenters. The second-order valence-corrected chi connectivity index (χ2v) is 4.87. The van der Waals surface area contributed by atoms with Gasteiger partial charge in [-0.25, -0.2) is 4.98 Å². The van der Waals surface area contributed by atoms with Crippen molar-refractivity contribution in [3.05, 3.63) is 59.3 Å². The van der Waals surface area contributed by atoms with Crippen molar-refractivity contribution in [3.63, 3.8) is 0 Å². The van der Waals surface area contributed by atoms with Crippen LogP contribution in [-0.4, -0.2) is 4.98 Å². The molecule has 0 aliphatic carbocycles. The highest BCUT2D eigenvalue weighted by Gasteiger charge is 1.98. The van der Waals surface area contributed by atoms with E-state index in [0.29, 0.717) is 0 Å². The molecule has 0 unspecified atom stereocenters. The highest BCUT2D eigenvalue weighted by molar-refractivity contribution is 7.98. The van der Waals surface area contributed by atoms with E-state index in [2.05, 4.69) is 37.0 Å². The normalized spacial score (nSPS) is 10.4. The topological polar surface area (TPSA) is 12.9 Å². The molecule has 2 heteroatoms. The van der Waals surface area contributed by atoms with Gasteiger partial charge in [0, 0.05) is 11.9 Å². The van der Waals surface area contributed by atoms with Gasteiger partial charge in [0.1, 0.15) is 0 Å². The molecule has 0 aliphatic heterocycles. The van der Waals surface area contributed by atoms with Crippen LogP contribution in [-0.2, 0) is 5.75 Å². The summed E-state index contributed by atoms with van der Waals surface area (Å²) < 4.78 is 0. The second-order valence-electron chi connectivity index (χ2n) is 3.88. The summed E-state index contributed by atoms with van der Waals surface area (Å²) in [6.45, 7) is 4.30. The first kappa shape index (κ1) is 11.2. The molecule has 16 heavy (non-hydrogen) atoms. The number of pyridine rings is 1. The Kier molecular flexibility index (Phi) is 3.62. The molecule has 0 N–H and O–H groups in total. The maximum absolute atomic E-state index is 4.30. The molecule has 2 rings (SSSR count). The predicted molar refractivity (Wildman–Crippen MR) is 69.7 cm³/mol. The summed E-state index contributed by atoms with van der Waals surface area (Å²) in [4.78, 5) is 4.30. The van der Waals surface area contributed by atoms with Crippen molar-refractivity contribution in [1.29, 1.82) is 0 Å². The lowest BCUT2D eigenvalue weighted by atomic mass is 10.1. The first-order valence-corrected chi connectivity index (χ1v) is 6.34. The Labute approximate surface area is 101 Å². The van der Waals surface area contributed by atoms with E-state index in [9.17, 15) is 0 Å². The monoisotopic (exact) mass is 229 g/mol. The zero-order valence-electron chi connectivity index (χ0n) is 9.60. The Hall–Kier alpha value is -1.28. The zero-order valence-corrected chi connectivity index (χ0v) is 10.4. The summed E-state index contributed by atoms with van der Waals surface area (Å²) in [5, 5.41) is 1.08. The van der Waals surface area contributed by atoms with Gasteiger partial charge < -0.3 is 0 Å². The molecule has 82 valence electrons. The Morgan fingerprint density at radius 2 is 1.94 bits per heavy atom. The molecule has 2 aromatic rings. The van der Waals surface area contributed by atoms with Crippen LogP contribution in [0, 0.1) is 13.8 Å². The van der Waals surface area contributed by atoms with E-state index < -0.39 is 0 Å². The molecule has 1 aromatic carbocycles. The fraction of sp³-hybridized carbons (Fsp3) is 0.214. The summed E-state index contributed by atoms with van der Waals surface area (Å²) in [5.74, 6) is 0.984. The van der Waals surface area contributed by atoms with Crippen molar-refractivity contribution in [3.8, 4) is 0 Å². The van der Waals surface area contributed by atoms with Crippen molar-refractivity contribution >= 4 is 11.8 Å². The van der Waals surface area contributed by atoms with Crippen molar-refractivity contribution in [2.75, 3.05) is 0 Å². The molecule has 0 fully saturated rings. The summed E-state index contributed by atoms with van der Waals surface area (Å²) in [7, 11) is 0. The molecule has 0 bridgehead atoms. The molecule has 0 amide bonds. The lowest BCUT2D eigenvalue weighted by molar-refractivity contribution is 1.13. The van der Waals surface area contributed by atoms with Crippen molar-refractivity contribution in [2.45, 2.75) is 24.6 Å². The Morgan fingerprint density at radius 1 is 1.06 bits per heavy atom. The van der Waals surface area contributed by atoms with Gasteiger partial charge in [-0.3, -0.25) is 0 Å². The molecular weight excluding hydrogens is 214 g/mol. The van der Waals surface area contributed by atoms with Gasteiger partial charge in [0.2, 0.25) is 0 Å². The fourth-order valence-corrected chi connectivity index (χ4v) is 2.29. The summed E-state index contributed by atoms with van der Waals surface area (Å²) >= 11 is 1.78. The molecule has 1 nitrogen and oxygen atoms in total. The molecule has 0 aliphatic rings. The van der Waals surface area contributed by atoms with E-state index in [4.69, 9.17) is 0 Å². The SMILES string of the molecule is Cc1ccc(CSc2ccccn2)cc1C. The number of nitrogens with zero attached hydrogens (tertiary/aromatic N) is 1. The molecular formula is C14H15NS. The average Bonchev–Trinajstić information content (AvgIpc) is 2.32. The Morgan fingerprint density at radius 3 is 2.62 bits per heavy atom. The van der Waals surface area contributed by atoms with Crippen LogP contribution in [0.1, 0.15) is 16.7 Å². The summed E-state index contributed by atoms with van der Waals surface area (Å²) in [5.41, 5.74) is 4.07. The Bertz CT molecular complexity index is 465. The standard InChI is InChI=1S/C14H15NS/c1-11-6-7-13(9-12(11)2)10-16-14-5-3-4-8-15-14/h3-9H,10H2,1-2H3. The minimum absolute atomic E-state index is 0.984. The van der Waals surface area contributed by atoms with Crippen LogP contribution in [0.5, 0.6) is 0 Å². The third kappa shape index (κ3) is 2.86. The van der Waals surface area contributed by atoms with Gasteiger partial charge in [-0.15, -0.1) is 11.8 Å². The molecule has 0 radical (unpaired) electrons. The van der Waals surface area contributed by atoms with Crippen molar-refractivity contribution in [2.24, 2.45) is 0 Å². The van der Waals surface area contributed by atoms with Gasteiger partial charge in [-0.1, -0.05) is 24.3 Å². The van der Waals surface area contributed by atoms with Gasteiger partial charge in [0.05, 0.1) is 5.03 Å². The third-order valence-corrected chi connectivity index (χ3v) is 3.61. The fourth-order valence-electron chi connectivity index (χ4n) is 1.48. The lowest BCUT2D eigenvalue weighted by Gasteiger charge is -2.04. The van der Waals surface area contributed by atoms with Crippen LogP contribution in [0.25, 0.3) is 0 Å². The first-order chi connectivity index (χ1) is 7.75. The maximum Gasteiger partial charge on any atom is 0.0963 e. The number of benzene rings is 1. The predicted octanol–water partition coefficient (Wildman–Crippen LogP) is 3.99. The van der Waals surface area contributed by atoms with Crippen LogP contribution < -0.4 is 0 Å². The van der Waals surface area contributed by atoms with E-state index in [1.807, 2.05) is 24.4 Å². The smallest absolute Gasteiger partial charge is 0.0963 e. The van der Waals surface area contributed by atoms with E-state index in [0.717, 1.165) is 10.8 Å². The van der Waals surface area contributed by atoms with Crippen molar-refractivity contribution < 1.29 is 0 Å². The highest BCUT2D eigenvalue weighted by Crippen LogP contribution is 2.21. The van der Waals surface area contributed by atoms with Gasteiger partial charge >= 0.3 is 0 Å². The summed E-state index contributed by atoms with van der Waals surface area (Å²) in [6, 6.07) is 12.6. The molecule has 1 aromatic heterocycles. The number of hydrogen-bond donors (Lipinski definition) is 0. The minimum atomic E-state index is 0.984. The number of aryl methyl sites for hydroxylation is 2.